The van der Waals surface area contributed by atoms with Crippen molar-refractivity contribution in [1.29, 1.82) is 0 Å². The Hall–Kier alpha value is -3.52. The third-order valence-corrected chi connectivity index (χ3v) is 4.50. The van der Waals surface area contributed by atoms with Gasteiger partial charge >= 0.3 is 0 Å². The Morgan fingerprint density at radius 1 is 0.346 bits per heavy atom. The average Bonchev–Trinajstić information content (AvgIpc) is 2.69. The second-order valence-corrected chi connectivity index (χ2v) is 6.22. The highest BCUT2D eigenvalue weighted by atomic mass is 16.3. The monoisotopic (exact) mass is 338 g/mol. The molecule has 2 N–H and O–H groups in total. The minimum atomic E-state index is 0.268. The molecule has 0 radical (unpaired) electrons. The Balaban J connectivity index is 1.72. The zero-order chi connectivity index (χ0) is 17.9. The summed E-state index contributed by atoms with van der Waals surface area (Å²) in [6, 6.07) is 31.2. The molecule has 0 aliphatic heterocycles. The first-order valence-electron chi connectivity index (χ1n) is 8.49. The SMILES string of the molecule is Oc1ccc(-c2ccc(-c3ccccc3-c3ccc(O)cc3)cc2)cc1. The number of hydrogen-bond donors (Lipinski definition) is 2. The van der Waals surface area contributed by atoms with Crippen LogP contribution >= 0.6 is 0 Å². The highest BCUT2D eigenvalue weighted by Crippen LogP contribution is 2.34. The lowest BCUT2D eigenvalue weighted by Gasteiger charge is -2.11. The molecule has 0 bridgehead atoms. The molecule has 0 atom stereocenters. The summed E-state index contributed by atoms with van der Waals surface area (Å²) in [4.78, 5) is 0. The summed E-state index contributed by atoms with van der Waals surface area (Å²) in [6.45, 7) is 0. The van der Waals surface area contributed by atoms with E-state index in [4.69, 9.17) is 0 Å². The summed E-state index contributed by atoms with van der Waals surface area (Å²) in [5.74, 6) is 0.540. The number of phenolic OH excluding ortho intramolecular Hbond substituents is 2. The van der Waals surface area contributed by atoms with Crippen LogP contribution in [0.15, 0.2) is 97.1 Å². The molecule has 0 fully saturated rings. The summed E-state index contributed by atoms with van der Waals surface area (Å²) in [5, 5.41) is 19.0. The molecule has 0 aliphatic rings. The van der Waals surface area contributed by atoms with E-state index < -0.39 is 0 Å². The standard InChI is InChI=1S/C24H18O2/c25-21-13-9-18(10-14-21)17-5-7-19(8-6-17)23-3-1-2-4-24(23)20-11-15-22(26)16-12-20/h1-16,25-26H. The molecule has 4 aromatic carbocycles. The van der Waals surface area contributed by atoms with Gasteiger partial charge in [-0.1, -0.05) is 72.8 Å². The number of aromatic hydroxyl groups is 2. The molecule has 2 heteroatoms. The summed E-state index contributed by atoms with van der Waals surface area (Å²) >= 11 is 0. The van der Waals surface area contributed by atoms with Gasteiger partial charge in [0.2, 0.25) is 0 Å². The van der Waals surface area contributed by atoms with E-state index in [0.717, 1.165) is 33.4 Å². The van der Waals surface area contributed by atoms with Gasteiger partial charge in [0.25, 0.3) is 0 Å². The summed E-state index contributed by atoms with van der Waals surface area (Å²) in [6.07, 6.45) is 0. The fourth-order valence-corrected chi connectivity index (χ4v) is 3.12. The van der Waals surface area contributed by atoms with E-state index >= 15 is 0 Å². The normalized spacial score (nSPS) is 10.6. The zero-order valence-corrected chi connectivity index (χ0v) is 14.1. The van der Waals surface area contributed by atoms with Gasteiger partial charge in [-0.3, -0.25) is 0 Å². The van der Waals surface area contributed by atoms with Gasteiger partial charge in [0.05, 0.1) is 0 Å². The third-order valence-electron chi connectivity index (χ3n) is 4.50. The predicted octanol–water partition coefficient (Wildman–Crippen LogP) is 6.10. The maximum absolute atomic E-state index is 9.53. The van der Waals surface area contributed by atoms with Crippen molar-refractivity contribution in [3.63, 3.8) is 0 Å². The smallest absolute Gasteiger partial charge is 0.115 e. The third kappa shape index (κ3) is 3.17. The van der Waals surface area contributed by atoms with E-state index in [1.54, 1.807) is 24.3 Å². The first-order valence-corrected chi connectivity index (χ1v) is 8.49. The van der Waals surface area contributed by atoms with E-state index in [9.17, 15) is 10.2 Å². The van der Waals surface area contributed by atoms with Crippen LogP contribution < -0.4 is 0 Å². The van der Waals surface area contributed by atoms with Crippen molar-refractivity contribution in [2.24, 2.45) is 0 Å². The van der Waals surface area contributed by atoms with E-state index in [0.29, 0.717) is 0 Å². The number of hydrogen-bond acceptors (Lipinski definition) is 2. The fourth-order valence-electron chi connectivity index (χ4n) is 3.12. The molecule has 0 saturated carbocycles. The molecular formula is C24H18O2. The maximum Gasteiger partial charge on any atom is 0.115 e. The van der Waals surface area contributed by atoms with Gasteiger partial charge in [-0.25, -0.2) is 0 Å². The molecular weight excluding hydrogens is 320 g/mol. The van der Waals surface area contributed by atoms with Crippen LogP contribution in [0.4, 0.5) is 0 Å². The first kappa shape index (κ1) is 16.0. The molecule has 4 aromatic rings. The molecule has 26 heavy (non-hydrogen) atoms. The Morgan fingerprint density at radius 3 is 1.08 bits per heavy atom. The van der Waals surface area contributed by atoms with Crippen molar-refractivity contribution in [3.8, 4) is 44.9 Å². The highest BCUT2D eigenvalue weighted by Gasteiger charge is 2.07. The van der Waals surface area contributed by atoms with Crippen molar-refractivity contribution in [3.05, 3.63) is 97.1 Å². The van der Waals surface area contributed by atoms with Gasteiger partial charge in [0.15, 0.2) is 0 Å². The Labute approximate surface area is 152 Å². The number of phenols is 2. The van der Waals surface area contributed by atoms with Gasteiger partial charge in [0.1, 0.15) is 11.5 Å². The van der Waals surface area contributed by atoms with Crippen molar-refractivity contribution in [2.75, 3.05) is 0 Å². The molecule has 0 spiro atoms. The zero-order valence-electron chi connectivity index (χ0n) is 14.1. The summed E-state index contributed by atoms with van der Waals surface area (Å²) < 4.78 is 0. The lowest BCUT2D eigenvalue weighted by molar-refractivity contribution is 0.475. The lowest BCUT2D eigenvalue weighted by atomic mass is 9.93. The van der Waals surface area contributed by atoms with Crippen molar-refractivity contribution < 1.29 is 10.2 Å². The molecule has 126 valence electrons. The molecule has 0 saturated heterocycles. The maximum atomic E-state index is 9.53. The van der Waals surface area contributed by atoms with Crippen LogP contribution in [0.3, 0.4) is 0 Å². The Kier molecular flexibility index (Phi) is 4.16. The van der Waals surface area contributed by atoms with Crippen molar-refractivity contribution in [2.45, 2.75) is 0 Å². The second-order valence-electron chi connectivity index (χ2n) is 6.22. The molecule has 0 aliphatic carbocycles. The van der Waals surface area contributed by atoms with Gasteiger partial charge in [-0.05, 0) is 57.6 Å². The van der Waals surface area contributed by atoms with E-state index in [1.807, 2.05) is 36.4 Å². The van der Waals surface area contributed by atoms with Gasteiger partial charge in [-0.2, -0.15) is 0 Å². The van der Waals surface area contributed by atoms with Crippen molar-refractivity contribution in [1.82, 2.24) is 0 Å². The highest BCUT2D eigenvalue weighted by molar-refractivity contribution is 5.84. The minimum absolute atomic E-state index is 0.268. The summed E-state index contributed by atoms with van der Waals surface area (Å²) in [7, 11) is 0. The average molecular weight is 338 g/mol. The van der Waals surface area contributed by atoms with Crippen LogP contribution in [0.25, 0.3) is 33.4 Å². The second kappa shape index (κ2) is 6.77. The van der Waals surface area contributed by atoms with Crippen LogP contribution in [0, 0.1) is 0 Å². The quantitative estimate of drug-likeness (QED) is 0.474. The van der Waals surface area contributed by atoms with Crippen LogP contribution in [0.5, 0.6) is 11.5 Å². The van der Waals surface area contributed by atoms with Crippen LogP contribution in [0.1, 0.15) is 0 Å². The number of rotatable bonds is 3. The van der Waals surface area contributed by atoms with E-state index in [-0.39, 0.29) is 11.5 Å². The molecule has 0 amide bonds. The van der Waals surface area contributed by atoms with Gasteiger partial charge in [-0.15, -0.1) is 0 Å². The molecule has 4 rings (SSSR count). The Bertz CT molecular complexity index is 1020. The molecule has 2 nitrogen and oxygen atoms in total. The van der Waals surface area contributed by atoms with Crippen LogP contribution in [-0.2, 0) is 0 Å². The molecule has 0 heterocycles. The van der Waals surface area contributed by atoms with Crippen LogP contribution in [-0.4, -0.2) is 10.2 Å². The first-order chi connectivity index (χ1) is 12.7. The fraction of sp³-hybridized carbons (Fsp3) is 0. The van der Waals surface area contributed by atoms with E-state index in [1.165, 1.54) is 0 Å². The summed E-state index contributed by atoms with van der Waals surface area (Å²) in [5.41, 5.74) is 6.66. The van der Waals surface area contributed by atoms with Crippen LogP contribution in [0.2, 0.25) is 0 Å². The van der Waals surface area contributed by atoms with Gasteiger partial charge < -0.3 is 10.2 Å². The topological polar surface area (TPSA) is 40.5 Å². The minimum Gasteiger partial charge on any atom is -0.508 e. The number of benzene rings is 4. The predicted molar refractivity (Wildman–Crippen MR) is 106 cm³/mol. The largest absolute Gasteiger partial charge is 0.508 e. The molecule has 0 aromatic heterocycles. The van der Waals surface area contributed by atoms with Crippen molar-refractivity contribution >= 4 is 0 Å². The lowest BCUT2D eigenvalue weighted by Crippen LogP contribution is -1.85. The van der Waals surface area contributed by atoms with E-state index in [2.05, 4.69) is 36.4 Å². The Morgan fingerprint density at radius 2 is 0.654 bits per heavy atom. The molecule has 0 unspecified atom stereocenters. The van der Waals surface area contributed by atoms with Gasteiger partial charge in [0, 0.05) is 0 Å².